The Bertz CT molecular complexity index is 1150. The molecule has 0 saturated heterocycles. The first-order valence-electron chi connectivity index (χ1n) is 8.58. The van der Waals surface area contributed by atoms with Crippen LogP contribution < -0.4 is 16.4 Å². The first kappa shape index (κ1) is 19.6. The van der Waals surface area contributed by atoms with Gasteiger partial charge in [0.05, 0.1) is 16.3 Å². The highest BCUT2D eigenvalue weighted by molar-refractivity contribution is 9.10. The van der Waals surface area contributed by atoms with Gasteiger partial charge in [0.15, 0.2) is 11.5 Å². The number of nitrogens with zero attached hydrogens (tertiary/aromatic N) is 2. The maximum Gasteiger partial charge on any atom is 0.271 e. The summed E-state index contributed by atoms with van der Waals surface area (Å²) in [4.78, 5) is 15.4. The van der Waals surface area contributed by atoms with Crippen LogP contribution in [0, 0.1) is 10.1 Å². The van der Waals surface area contributed by atoms with Crippen LogP contribution in [-0.4, -0.2) is 10.8 Å². The molecular formula is C20H15Br2N5O2. The second kappa shape index (κ2) is 7.58. The molecule has 3 aromatic carbocycles. The number of nitro groups is 1. The van der Waals surface area contributed by atoms with Crippen molar-refractivity contribution in [1.82, 2.24) is 0 Å². The van der Waals surface area contributed by atoms with E-state index in [0.717, 1.165) is 20.2 Å². The average molecular weight is 517 g/mol. The Morgan fingerprint density at radius 2 is 1.76 bits per heavy atom. The third kappa shape index (κ3) is 3.89. The van der Waals surface area contributed by atoms with E-state index < -0.39 is 10.6 Å². The lowest BCUT2D eigenvalue weighted by atomic mass is 9.96. The fraction of sp³-hybridized carbons (Fsp3) is 0.0500. The number of hydrogen-bond donors (Lipinski definition) is 3. The fourth-order valence-corrected chi connectivity index (χ4v) is 3.88. The van der Waals surface area contributed by atoms with Crippen LogP contribution in [0.15, 0.2) is 80.7 Å². The smallest absolute Gasteiger partial charge is 0.271 e. The molecule has 1 aliphatic rings. The minimum Gasteiger partial charge on any atom is -0.356 e. The number of anilines is 2. The molecule has 1 aliphatic heterocycles. The van der Waals surface area contributed by atoms with E-state index in [9.17, 15) is 10.1 Å². The summed E-state index contributed by atoms with van der Waals surface area (Å²) in [7, 11) is 0. The third-order valence-corrected chi connectivity index (χ3v) is 5.48. The summed E-state index contributed by atoms with van der Waals surface area (Å²) in [5, 5.41) is 17.7. The predicted molar refractivity (Wildman–Crippen MR) is 122 cm³/mol. The molecule has 9 heteroatoms. The summed E-state index contributed by atoms with van der Waals surface area (Å²) in [6.07, 6.45) is 0. The van der Waals surface area contributed by atoms with Gasteiger partial charge in [-0.2, -0.15) is 0 Å². The highest BCUT2D eigenvalue weighted by atomic mass is 79.9. The molecule has 3 aromatic rings. The summed E-state index contributed by atoms with van der Waals surface area (Å²) in [6, 6.07) is 19.6. The Labute approximate surface area is 183 Å². The third-order valence-electron chi connectivity index (χ3n) is 4.50. The van der Waals surface area contributed by atoms with Crippen molar-refractivity contribution in [2.45, 2.75) is 5.66 Å². The number of aliphatic imine (C=N–C) groups is 1. The second-order valence-corrected chi connectivity index (χ2v) is 8.33. The molecule has 0 bridgehead atoms. The zero-order valence-electron chi connectivity index (χ0n) is 14.9. The molecule has 1 atom stereocenters. The van der Waals surface area contributed by atoms with Gasteiger partial charge in [0.25, 0.3) is 5.69 Å². The van der Waals surface area contributed by atoms with E-state index in [4.69, 9.17) is 5.73 Å². The number of nitro benzene ring substituents is 1. The van der Waals surface area contributed by atoms with Crippen LogP contribution in [0.5, 0.6) is 0 Å². The van der Waals surface area contributed by atoms with Crippen molar-refractivity contribution in [3.63, 3.8) is 0 Å². The van der Waals surface area contributed by atoms with Gasteiger partial charge in [0, 0.05) is 32.3 Å². The van der Waals surface area contributed by atoms with Gasteiger partial charge in [-0.15, -0.1) is 0 Å². The summed E-state index contributed by atoms with van der Waals surface area (Å²) < 4.78 is 1.77. The van der Waals surface area contributed by atoms with E-state index in [1.54, 1.807) is 6.07 Å². The molecule has 4 N–H and O–H groups in total. The van der Waals surface area contributed by atoms with Gasteiger partial charge in [-0.3, -0.25) is 15.8 Å². The molecule has 0 spiro atoms. The number of halogens is 2. The van der Waals surface area contributed by atoms with E-state index in [-0.39, 0.29) is 5.69 Å². The number of amidine groups is 1. The number of nitrogens with one attached hydrogen (secondary N) is 2. The quantitative estimate of drug-likeness (QED) is 0.315. The molecule has 0 aromatic heterocycles. The van der Waals surface area contributed by atoms with Crippen molar-refractivity contribution in [2.24, 2.45) is 10.7 Å². The Balaban J connectivity index is 1.85. The predicted octanol–water partition coefficient (Wildman–Crippen LogP) is 5.50. The molecule has 1 heterocycles. The van der Waals surface area contributed by atoms with E-state index in [1.807, 2.05) is 48.5 Å². The average Bonchev–Trinajstić information content (AvgIpc) is 2.68. The van der Waals surface area contributed by atoms with Crippen LogP contribution in [0.25, 0.3) is 0 Å². The summed E-state index contributed by atoms with van der Waals surface area (Å²) in [6.45, 7) is 0. The van der Waals surface area contributed by atoms with E-state index in [2.05, 4.69) is 47.5 Å². The zero-order chi connectivity index (χ0) is 20.6. The van der Waals surface area contributed by atoms with E-state index >= 15 is 0 Å². The number of fused-ring (bicyclic) bond motifs is 1. The molecule has 7 nitrogen and oxygen atoms in total. The number of nitrogens with two attached hydrogens (primary N) is 1. The first-order chi connectivity index (χ1) is 13.8. The van der Waals surface area contributed by atoms with Crippen molar-refractivity contribution in [2.75, 3.05) is 10.6 Å². The van der Waals surface area contributed by atoms with Gasteiger partial charge < -0.3 is 10.6 Å². The molecule has 0 radical (unpaired) electrons. The van der Waals surface area contributed by atoms with Crippen molar-refractivity contribution in [3.8, 4) is 0 Å². The van der Waals surface area contributed by atoms with Crippen molar-refractivity contribution >= 4 is 60.4 Å². The minimum atomic E-state index is -1.17. The number of rotatable bonds is 3. The van der Waals surface area contributed by atoms with Crippen LogP contribution in [-0.2, 0) is 5.66 Å². The lowest BCUT2D eigenvalue weighted by Crippen LogP contribution is -2.55. The van der Waals surface area contributed by atoms with E-state index in [0.29, 0.717) is 17.2 Å². The molecule has 146 valence electrons. The van der Waals surface area contributed by atoms with Crippen molar-refractivity contribution in [1.29, 1.82) is 0 Å². The lowest BCUT2D eigenvalue weighted by Gasteiger charge is -2.37. The Morgan fingerprint density at radius 1 is 1.03 bits per heavy atom. The highest BCUT2D eigenvalue weighted by Gasteiger charge is 2.38. The van der Waals surface area contributed by atoms with Gasteiger partial charge in [0.2, 0.25) is 0 Å². The molecule has 0 amide bonds. The summed E-state index contributed by atoms with van der Waals surface area (Å²) in [5.74, 6) is 0.418. The Kier molecular flexibility index (Phi) is 5.12. The van der Waals surface area contributed by atoms with Crippen LogP contribution in [0.1, 0.15) is 5.56 Å². The Hall–Kier alpha value is -2.75. The van der Waals surface area contributed by atoms with Crippen LogP contribution in [0.2, 0.25) is 0 Å². The van der Waals surface area contributed by atoms with E-state index in [1.165, 1.54) is 12.1 Å². The van der Waals surface area contributed by atoms with Gasteiger partial charge in [-0.1, -0.05) is 50.1 Å². The topological polar surface area (TPSA) is 106 Å². The number of non-ortho nitro benzene ring substituents is 1. The monoisotopic (exact) mass is 515 g/mol. The maximum atomic E-state index is 11.2. The normalized spacial score (nSPS) is 17.7. The summed E-state index contributed by atoms with van der Waals surface area (Å²) >= 11 is 6.93. The Morgan fingerprint density at radius 3 is 2.45 bits per heavy atom. The molecule has 4 rings (SSSR count). The van der Waals surface area contributed by atoms with Crippen LogP contribution in [0.3, 0.4) is 0 Å². The minimum absolute atomic E-state index is 0.0388. The van der Waals surface area contributed by atoms with Crippen molar-refractivity contribution < 1.29 is 4.92 Å². The van der Waals surface area contributed by atoms with Crippen LogP contribution in [0.4, 0.5) is 22.7 Å². The molecular weight excluding hydrogens is 502 g/mol. The van der Waals surface area contributed by atoms with Gasteiger partial charge in [-0.25, -0.2) is 4.99 Å². The summed E-state index contributed by atoms with van der Waals surface area (Å²) in [5.41, 5.74) is 8.21. The SMILES string of the molecule is NC1(c2cccc(Br)c2)Nc2ccc([N+](=O)[O-])cc2N=C1Nc1cccc(Br)c1. The second-order valence-electron chi connectivity index (χ2n) is 6.50. The largest absolute Gasteiger partial charge is 0.356 e. The molecule has 0 aliphatic carbocycles. The first-order valence-corrected chi connectivity index (χ1v) is 10.2. The van der Waals surface area contributed by atoms with Gasteiger partial charge in [0.1, 0.15) is 0 Å². The maximum absolute atomic E-state index is 11.2. The molecule has 0 fully saturated rings. The lowest BCUT2D eigenvalue weighted by molar-refractivity contribution is -0.384. The fourth-order valence-electron chi connectivity index (χ4n) is 3.08. The standard InChI is InChI=1S/C20H15Br2N5O2/c21-13-4-1-3-12(9-13)20(23)19(24-15-6-2-5-14(22)10-15)25-18-11-16(27(28)29)7-8-17(18)26-20/h1-11,26H,23H2,(H,24,25). The molecule has 1 unspecified atom stereocenters. The molecule has 29 heavy (non-hydrogen) atoms. The zero-order valence-corrected chi connectivity index (χ0v) is 18.1. The number of hydrogen-bond acceptors (Lipinski definition) is 6. The molecule has 0 saturated carbocycles. The number of benzene rings is 3. The highest BCUT2D eigenvalue weighted by Crippen LogP contribution is 2.39. The van der Waals surface area contributed by atoms with Crippen LogP contribution >= 0.6 is 31.9 Å². The van der Waals surface area contributed by atoms with Gasteiger partial charge >= 0.3 is 0 Å². The van der Waals surface area contributed by atoms with Crippen molar-refractivity contribution in [3.05, 3.63) is 91.4 Å². The van der Waals surface area contributed by atoms with Gasteiger partial charge in [-0.05, 0) is 36.4 Å².